The Labute approximate surface area is 158 Å². The van der Waals surface area contributed by atoms with E-state index in [1.54, 1.807) is 31.2 Å². The van der Waals surface area contributed by atoms with Crippen molar-refractivity contribution < 1.29 is 14.9 Å². The molecule has 0 aromatic heterocycles. The van der Waals surface area contributed by atoms with Crippen molar-refractivity contribution in [1.82, 2.24) is 0 Å². The topological polar surface area (TPSA) is 123 Å². The van der Waals surface area contributed by atoms with Crippen molar-refractivity contribution in [3.8, 4) is 12.1 Å². The molecule has 0 fully saturated rings. The van der Waals surface area contributed by atoms with Gasteiger partial charge in [0.2, 0.25) is 0 Å². The summed E-state index contributed by atoms with van der Waals surface area (Å²) < 4.78 is 5.78. The summed E-state index contributed by atoms with van der Waals surface area (Å²) in [5, 5.41) is 37.0. The van der Waals surface area contributed by atoms with Gasteiger partial charge >= 0.3 is 0 Å². The normalized spacial score (nSPS) is 13.8. The van der Waals surface area contributed by atoms with E-state index < -0.39 is 0 Å². The zero-order valence-corrected chi connectivity index (χ0v) is 15.1. The van der Waals surface area contributed by atoms with E-state index in [0.29, 0.717) is 41.2 Å². The lowest BCUT2D eigenvalue weighted by Gasteiger charge is -2.19. The van der Waals surface area contributed by atoms with Crippen LogP contribution < -0.4 is 5.73 Å². The Morgan fingerprint density at radius 2 is 1.93 bits per heavy atom. The standard InChI is InChI=1S/C21H21N3O3/c1-14-8-18(19(12-22)13-23)11-21(27-14)17(5-7-26)9-15-2-3-20(24)10-16(15)4-6-25/h2-3,8-11,25-26H,4-7,24H2,1H3. The van der Waals surface area contributed by atoms with E-state index in [2.05, 4.69) is 0 Å². The van der Waals surface area contributed by atoms with Gasteiger partial charge in [0.25, 0.3) is 0 Å². The number of nitrogens with zero attached hydrogens (tertiary/aromatic N) is 2. The summed E-state index contributed by atoms with van der Waals surface area (Å²) >= 11 is 0. The molecule has 0 bridgehead atoms. The summed E-state index contributed by atoms with van der Waals surface area (Å²) in [6.45, 7) is 1.62. The van der Waals surface area contributed by atoms with E-state index in [0.717, 1.165) is 11.1 Å². The Balaban J connectivity index is 2.56. The fraction of sp³-hybridized carbons (Fsp3) is 0.238. The number of nitriles is 2. The minimum absolute atomic E-state index is 0.00745. The Morgan fingerprint density at radius 3 is 2.56 bits per heavy atom. The molecule has 0 radical (unpaired) electrons. The highest BCUT2D eigenvalue weighted by atomic mass is 16.5. The molecule has 4 N–H and O–H groups in total. The van der Waals surface area contributed by atoms with E-state index in [4.69, 9.17) is 21.0 Å². The van der Waals surface area contributed by atoms with Crippen LogP contribution in [0, 0.1) is 22.7 Å². The minimum Gasteiger partial charge on any atom is -0.462 e. The number of rotatable bonds is 6. The maximum Gasteiger partial charge on any atom is 0.137 e. The molecule has 0 saturated heterocycles. The van der Waals surface area contributed by atoms with Crippen LogP contribution in [0.15, 0.2) is 58.6 Å². The van der Waals surface area contributed by atoms with Crippen molar-refractivity contribution in [3.63, 3.8) is 0 Å². The molecule has 1 aliphatic rings. The number of aliphatic hydroxyl groups excluding tert-OH is 2. The van der Waals surface area contributed by atoms with Gasteiger partial charge < -0.3 is 20.7 Å². The van der Waals surface area contributed by atoms with Gasteiger partial charge in [-0.15, -0.1) is 0 Å². The molecule has 6 nitrogen and oxygen atoms in total. The van der Waals surface area contributed by atoms with E-state index in [1.807, 2.05) is 24.3 Å². The molecule has 0 atom stereocenters. The highest BCUT2D eigenvalue weighted by molar-refractivity contribution is 5.65. The average Bonchev–Trinajstić information content (AvgIpc) is 2.64. The molecule has 138 valence electrons. The predicted octanol–water partition coefficient (Wildman–Crippen LogP) is 2.73. The number of nitrogens with two attached hydrogens (primary N) is 1. The molecule has 0 unspecified atom stereocenters. The van der Waals surface area contributed by atoms with Gasteiger partial charge in [-0.05, 0) is 66.8 Å². The first-order valence-corrected chi connectivity index (χ1v) is 8.45. The quantitative estimate of drug-likeness (QED) is 0.527. The Morgan fingerprint density at radius 1 is 1.19 bits per heavy atom. The molecule has 0 spiro atoms. The van der Waals surface area contributed by atoms with Gasteiger partial charge in [0, 0.05) is 24.5 Å². The maximum absolute atomic E-state index is 9.48. The average molecular weight is 363 g/mol. The molecule has 2 rings (SSSR count). The molecule has 1 aliphatic heterocycles. The number of hydrogen-bond acceptors (Lipinski definition) is 6. The van der Waals surface area contributed by atoms with E-state index in [9.17, 15) is 10.2 Å². The third-order valence-corrected chi connectivity index (χ3v) is 4.00. The Bertz CT molecular complexity index is 909. The van der Waals surface area contributed by atoms with Gasteiger partial charge in [0.1, 0.15) is 29.2 Å². The molecule has 27 heavy (non-hydrogen) atoms. The van der Waals surface area contributed by atoms with Crippen LogP contribution in [0.1, 0.15) is 24.5 Å². The number of anilines is 1. The lowest BCUT2D eigenvalue weighted by molar-refractivity contribution is 0.281. The maximum atomic E-state index is 9.48. The SMILES string of the molecule is CC1=CC(=C(C#N)C#N)C=C(C(=Cc2ccc(N)cc2CCO)CCO)O1. The number of aliphatic hydroxyl groups is 2. The van der Waals surface area contributed by atoms with E-state index in [1.165, 1.54) is 0 Å². The van der Waals surface area contributed by atoms with Gasteiger partial charge in [-0.25, -0.2) is 0 Å². The van der Waals surface area contributed by atoms with Crippen LogP contribution >= 0.6 is 0 Å². The smallest absolute Gasteiger partial charge is 0.137 e. The fourth-order valence-corrected chi connectivity index (χ4v) is 2.77. The van der Waals surface area contributed by atoms with Gasteiger partial charge in [-0.2, -0.15) is 10.5 Å². The van der Waals surface area contributed by atoms with Crippen LogP contribution in [0.2, 0.25) is 0 Å². The third-order valence-electron chi connectivity index (χ3n) is 4.00. The predicted molar refractivity (Wildman–Crippen MR) is 103 cm³/mol. The molecule has 0 amide bonds. The number of benzene rings is 1. The summed E-state index contributed by atoms with van der Waals surface area (Å²) in [4.78, 5) is 0. The van der Waals surface area contributed by atoms with Gasteiger partial charge in [-0.3, -0.25) is 0 Å². The Hall–Kier alpha value is -3.32. The van der Waals surface area contributed by atoms with Crippen molar-refractivity contribution >= 4 is 11.8 Å². The van der Waals surface area contributed by atoms with E-state index >= 15 is 0 Å². The van der Waals surface area contributed by atoms with Crippen LogP contribution in [0.5, 0.6) is 0 Å². The summed E-state index contributed by atoms with van der Waals surface area (Å²) in [7, 11) is 0. The van der Waals surface area contributed by atoms with Gasteiger partial charge in [0.15, 0.2) is 0 Å². The summed E-state index contributed by atoms with van der Waals surface area (Å²) in [6, 6.07) is 9.16. The zero-order valence-electron chi connectivity index (χ0n) is 15.1. The lowest BCUT2D eigenvalue weighted by atomic mass is 9.97. The second-order valence-electron chi connectivity index (χ2n) is 5.99. The fourth-order valence-electron chi connectivity index (χ4n) is 2.77. The monoisotopic (exact) mass is 363 g/mol. The second-order valence-corrected chi connectivity index (χ2v) is 5.99. The molecule has 6 heteroatoms. The van der Waals surface area contributed by atoms with Crippen LogP contribution in [0.3, 0.4) is 0 Å². The van der Waals surface area contributed by atoms with Crippen LogP contribution in [-0.4, -0.2) is 23.4 Å². The first-order chi connectivity index (χ1) is 13.0. The molecule has 0 saturated carbocycles. The highest BCUT2D eigenvalue weighted by Gasteiger charge is 2.16. The van der Waals surface area contributed by atoms with Crippen LogP contribution in [-0.2, 0) is 11.2 Å². The number of ether oxygens (including phenoxy) is 1. The van der Waals surface area contributed by atoms with E-state index in [-0.39, 0.29) is 18.8 Å². The Kier molecular flexibility index (Phi) is 6.96. The molecule has 1 aromatic carbocycles. The summed E-state index contributed by atoms with van der Waals surface area (Å²) in [5.41, 5.74) is 9.34. The number of hydrogen-bond donors (Lipinski definition) is 3. The zero-order chi connectivity index (χ0) is 19.8. The first-order valence-electron chi connectivity index (χ1n) is 8.45. The first kappa shape index (κ1) is 20.0. The molecule has 1 heterocycles. The van der Waals surface area contributed by atoms with Crippen molar-refractivity contribution in [1.29, 1.82) is 10.5 Å². The highest BCUT2D eigenvalue weighted by Crippen LogP contribution is 2.29. The van der Waals surface area contributed by atoms with Crippen molar-refractivity contribution in [2.75, 3.05) is 18.9 Å². The summed E-state index contributed by atoms with van der Waals surface area (Å²) in [5.74, 6) is 1.01. The van der Waals surface area contributed by atoms with Crippen molar-refractivity contribution in [2.24, 2.45) is 0 Å². The molecular formula is C21H21N3O3. The van der Waals surface area contributed by atoms with Crippen LogP contribution in [0.4, 0.5) is 5.69 Å². The van der Waals surface area contributed by atoms with Gasteiger partial charge in [0.05, 0.1) is 0 Å². The lowest BCUT2D eigenvalue weighted by Crippen LogP contribution is -2.04. The number of nitrogen functional groups attached to an aromatic ring is 1. The molecular weight excluding hydrogens is 342 g/mol. The third kappa shape index (κ3) is 5.08. The second kappa shape index (κ2) is 9.40. The van der Waals surface area contributed by atoms with Crippen molar-refractivity contribution in [2.45, 2.75) is 19.8 Å². The molecule has 1 aromatic rings. The van der Waals surface area contributed by atoms with Crippen LogP contribution in [0.25, 0.3) is 6.08 Å². The van der Waals surface area contributed by atoms with Gasteiger partial charge in [-0.1, -0.05) is 6.07 Å². The largest absolute Gasteiger partial charge is 0.462 e. The number of allylic oxidation sites excluding steroid dienone is 6. The van der Waals surface area contributed by atoms with Crippen molar-refractivity contribution in [3.05, 3.63) is 69.7 Å². The summed E-state index contributed by atoms with van der Waals surface area (Å²) in [6.07, 6.45) is 5.88. The molecule has 0 aliphatic carbocycles. The minimum atomic E-state index is -0.0952.